The Morgan fingerprint density at radius 1 is 1.05 bits per heavy atom. The smallest absolute Gasteiger partial charge is 0.312 e. The highest BCUT2D eigenvalue weighted by atomic mass is 16.6. The minimum atomic E-state index is -1.35. The van der Waals surface area contributed by atoms with Gasteiger partial charge in [0.25, 0.3) is 5.91 Å². The first-order valence-electron chi connectivity index (χ1n) is 13.4. The molecule has 2 aromatic rings. The topological polar surface area (TPSA) is 96.4 Å². The first-order valence-corrected chi connectivity index (χ1v) is 13.4. The van der Waals surface area contributed by atoms with E-state index >= 15 is 0 Å². The normalized spacial score (nSPS) is 32.8. The molecule has 4 aliphatic heterocycles. The van der Waals surface area contributed by atoms with Crippen LogP contribution in [0.25, 0.3) is 10.8 Å². The highest BCUT2D eigenvalue weighted by molar-refractivity contribution is 6.06. The van der Waals surface area contributed by atoms with Gasteiger partial charge in [0.2, 0.25) is 5.91 Å². The summed E-state index contributed by atoms with van der Waals surface area (Å²) in [6, 6.07) is 12.1. The summed E-state index contributed by atoms with van der Waals surface area (Å²) in [5.74, 6) is -2.96. The fourth-order valence-electron chi connectivity index (χ4n) is 6.49. The number of nitrogens with zero attached hydrogens (tertiary/aromatic N) is 2. The number of aliphatic hydroxyl groups is 1. The van der Waals surface area contributed by atoms with Crippen molar-refractivity contribution in [3.63, 3.8) is 0 Å². The maximum atomic E-state index is 14.4. The number of amides is 2. The van der Waals surface area contributed by atoms with Crippen LogP contribution in [0.4, 0.5) is 5.69 Å². The molecule has 0 aliphatic carbocycles. The largest absolute Gasteiger partial charge is 0.465 e. The summed E-state index contributed by atoms with van der Waals surface area (Å²) in [7, 11) is 0. The zero-order chi connectivity index (χ0) is 26.4. The monoisotopic (exact) mass is 516 g/mol. The van der Waals surface area contributed by atoms with E-state index in [-0.39, 0.29) is 31.6 Å². The van der Waals surface area contributed by atoms with Crippen LogP contribution >= 0.6 is 0 Å². The van der Waals surface area contributed by atoms with Crippen LogP contribution in [0.3, 0.4) is 0 Å². The molecule has 2 fully saturated rings. The van der Waals surface area contributed by atoms with Crippen LogP contribution in [-0.4, -0.2) is 71.3 Å². The molecule has 6 atom stereocenters. The molecule has 8 nitrogen and oxygen atoms in total. The Balaban J connectivity index is 1.46. The van der Waals surface area contributed by atoms with Crippen LogP contribution in [0.2, 0.25) is 0 Å². The van der Waals surface area contributed by atoms with Crippen molar-refractivity contribution in [2.24, 2.45) is 11.8 Å². The van der Waals surface area contributed by atoms with E-state index in [0.29, 0.717) is 5.69 Å². The van der Waals surface area contributed by atoms with E-state index in [2.05, 4.69) is 0 Å². The average Bonchev–Trinajstić information content (AvgIpc) is 3.32. The fraction of sp³-hybridized carbons (Fsp3) is 0.433. The zero-order valence-corrected chi connectivity index (χ0v) is 21.4. The Hall–Kier alpha value is -3.49. The van der Waals surface area contributed by atoms with Crippen LogP contribution in [0.1, 0.15) is 26.2 Å². The van der Waals surface area contributed by atoms with Gasteiger partial charge in [-0.15, -0.1) is 0 Å². The predicted molar refractivity (Wildman–Crippen MR) is 141 cm³/mol. The molecular weight excluding hydrogens is 484 g/mol. The number of anilines is 1. The Kier molecular flexibility index (Phi) is 6.32. The molecule has 1 unspecified atom stereocenters. The van der Waals surface area contributed by atoms with E-state index in [1.807, 2.05) is 60.7 Å². The molecule has 4 heterocycles. The lowest BCUT2D eigenvalue weighted by molar-refractivity contribution is -0.155. The second kappa shape index (κ2) is 9.67. The number of hydrogen-bond acceptors (Lipinski definition) is 6. The maximum absolute atomic E-state index is 14.4. The number of carbonyl (C=O) groups is 3. The first kappa shape index (κ1) is 24.8. The van der Waals surface area contributed by atoms with Crippen LogP contribution in [0, 0.1) is 11.8 Å². The van der Waals surface area contributed by atoms with Crippen molar-refractivity contribution in [2.75, 3.05) is 24.7 Å². The van der Waals surface area contributed by atoms with Gasteiger partial charge in [0.05, 0.1) is 31.3 Å². The quantitative estimate of drug-likeness (QED) is 0.498. The second-order valence-electron chi connectivity index (χ2n) is 10.6. The lowest BCUT2D eigenvalue weighted by Crippen LogP contribution is -2.57. The minimum Gasteiger partial charge on any atom is -0.465 e. The highest BCUT2D eigenvalue weighted by Crippen LogP contribution is 2.53. The van der Waals surface area contributed by atoms with Crippen molar-refractivity contribution in [1.29, 1.82) is 0 Å². The molecule has 1 N–H and O–H groups in total. The Morgan fingerprint density at radius 2 is 1.87 bits per heavy atom. The van der Waals surface area contributed by atoms with Crippen molar-refractivity contribution >= 4 is 34.2 Å². The number of carbonyl (C=O) groups excluding carboxylic acids is 3. The molecule has 4 aliphatic rings. The van der Waals surface area contributed by atoms with E-state index in [4.69, 9.17) is 9.47 Å². The number of aliphatic hydroxyl groups excluding tert-OH is 1. The summed E-state index contributed by atoms with van der Waals surface area (Å²) < 4.78 is 12.2. The molecule has 8 heteroatoms. The molecular formula is C30H32N2O6. The summed E-state index contributed by atoms with van der Waals surface area (Å²) in [6.07, 6.45) is 9.25. The number of benzene rings is 2. The number of esters is 1. The summed E-state index contributed by atoms with van der Waals surface area (Å²) in [4.78, 5) is 44.9. The average molecular weight is 517 g/mol. The minimum absolute atomic E-state index is 0.286. The highest BCUT2D eigenvalue weighted by Gasteiger charge is 2.72. The van der Waals surface area contributed by atoms with E-state index in [9.17, 15) is 19.5 Å². The van der Waals surface area contributed by atoms with Crippen LogP contribution in [0.15, 0.2) is 66.8 Å². The number of likely N-dealkylation sites (tertiary alicyclic amines) is 1. The summed E-state index contributed by atoms with van der Waals surface area (Å²) >= 11 is 0. The Labute approximate surface area is 221 Å². The van der Waals surface area contributed by atoms with E-state index in [0.717, 1.165) is 30.0 Å². The Morgan fingerprint density at radius 3 is 2.68 bits per heavy atom. The van der Waals surface area contributed by atoms with E-state index in [1.165, 1.54) is 4.90 Å². The third kappa shape index (κ3) is 3.77. The van der Waals surface area contributed by atoms with Crippen LogP contribution < -0.4 is 4.90 Å². The molecule has 0 bridgehead atoms. The van der Waals surface area contributed by atoms with E-state index < -0.39 is 41.6 Å². The number of ether oxygens (including phenoxy) is 2. The number of rotatable bonds is 3. The van der Waals surface area contributed by atoms with Crippen LogP contribution in [0.5, 0.6) is 0 Å². The molecule has 6 rings (SSSR count). The van der Waals surface area contributed by atoms with Crippen molar-refractivity contribution in [1.82, 2.24) is 4.90 Å². The van der Waals surface area contributed by atoms with Crippen molar-refractivity contribution < 1.29 is 29.0 Å². The molecule has 1 spiro atoms. The molecule has 198 valence electrons. The number of cyclic esters (lactones) is 1. The van der Waals surface area contributed by atoms with Gasteiger partial charge in [-0.25, -0.2) is 0 Å². The molecule has 38 heavy (non-hydrogen) atoms. The van der Waals surface area contributed by atoms with Gasteiger partial charge in [0.1, 0.15) is 17.6 Å². The summed E-state index contributed by atoms with van der Waals surface area (Å²) in [6.45, 7) is 1.96. The lowest BCUT2D eigenvalue weighted by Gasteiger charge is -2.37. The van der Waals surface area contributed by atoms with Gasteiger partial charge in [0, 0.05) is 12.2 Å². The molecule has 2 amide bonds. The second-order valence-corrected chi connectivity index (χ2v) is 10.6. The SMILES string of the molecule is C[C@H](CO)N1C(=O)[C@@H]2[C@H]3C(=O)OCCCC/C=C\[C@H]3O[C@@]23C=CCN(c2ccc4ccccc4c2)C(=O)C13. The standard InChI is InChI=1S/C30H32N2O6/c1-19(18-33)32-26-28(35)31(22-13-12-20-9-5-6-10-21(20)17-22)15-8-14-30(26)25(27(32)34)24-23(38-30)11-4-2-3-7-16-37-29(24)36/h4-6,8-14,17,19,23-26,33H,2-3,7,15-16,18H2,1H3/b11-4-/t19-,23-,24+,25+,26?,30+/m1/s1. The fourth-order valence-corrected chi connectivity index (χ4v) is 6.49. The zero-order valence-electron chi connectivity index (χ0n) is 21.4. The third-order valence-corrected chi connectivity index (χ3v) is 8.32. The van der Waals surface area contributed by atoms with Gasteiger partial charge in [-0.2, -0.15) is 0 Å². The summed E-state index contributed by atoms with van der Waals surface area (Å²) in [5.41, 5.74) is -0.644. The Bertz CT molecular complexity index is 1340. The van der Waals surface area contributed by atoms with Gasteiger partial charge in [-0.05, 0) is 49.1 Å². The molecule has 0 aromatic heterocycles. The van der Waals surface area contributed by atoms with Gasteiger partial charge >= 0.3 is 5.97 Å². The first-order chi connectivity index (χ1) is 18.5. The number of allylic oxidation sites excluding steroid dienone is 1. The van der Waals surface area contributed by atoms with E-state index in [1.54, 1.807) is 17.9 Å². The predicted octanol–water partition coefficient (Wildman–Crippen LogP) is 2.99. The van der Waals surface area contributed by atoms with Crippen molar-refractivity contribution in [3.05, 3.63) is 66.8 Å². The molecule has 0 radical (unpaired) electrons. The maximum Gasteiger partial charge on any atom is 0.312 e. The molecule has 2 aromatic carbocycles. The third-order valence-electron chi connectivity index (χ3n) is 8.32. The summed E-state index contributed by atoms with van der Waals surface area (Å²) in [5, 5.41) is 12.1. The van der Waals surface area contributed by atoms with Gasteiger partial charge in [-0.1, -0.05) is 54.6 Å². The van der Waals surface area contributed by atoms with Crippen molar-refractivity contribution in [3.8, 4) is 0 Å². The van der Waals surface area contributed by atoms with Crippen LogP contribution in [-0.2, 0) is 23.9 Å². The number of fused-ring (bicyclic) bond motifs is 3. The van der Waals surface area contributed by atoms with Crippen molar-refractivity contribution in [2.45, 2.75) is 50.0 Å². The lowest BCUT2D eigenvalue weighted by atomic mass is 9.78. The van der Waals surface area contributed by atoms with Gasteiger partial charge < -0.3 is 24.4 Å². The molecule has 0 saturated carbocycles. The van der Waals surface area contributed by atoms with Gasteiger partial charge in [0.15, 0.2) is 0 Å². The van der Waals surface area contributed by atoms with Gasteiger partial charge in [-0.3, -0.25) is 14.4 Å². The molecule has 2 saturated heterocycles. The number of hydrogen-bond donors (Lipinski definition) is 1.